The Kier molecular flexibility index (Phi) is 9.10. The maximum atomic E-state index is 13.1. The highest BCUT2D eigenvalue weighted by Crippen LogP contribution is 2.37. The first-order valence-corrected chi connectivity index (χ1v) is 14.5. The van der Waals surface area contributed by atoms with Gasteiger partial charge in [0.2, 0.25) is 0 Å². The average Bonchev–Trinajstić information content (AvgIpc) is 3.24. The van der Waals surface area contributed by atoms with Crippen LogP contribution in [0.1, 0.15) is 5.56 Å². The molecule has 1 fully saturated rings. The summed E-state index contributed by atoms with van der Waals surface area (Å²) in [4.78, 5) is 39.5. The van der Waals surface area contributed by atoms with Gasteiger partial charge in [-0.15, -0.1) is 0 Å². The van der Waals surface area contributed by atoms with E-state index < -0.39 is 0 Å². The molecule has 0 aliphatic carbocycles. The van der Waals surface area contributed by atoms with Gasteiger partial charge in [0.1, 0.15) is 12.4 Å². The molecule has 10 heteroatoms. The summed E-state index contributed by atoms with van der Waals surface area (Å²) in [5.74, 6) is 0.822. The van der Waals surface area contributed by atoms with Crippen molar-refractivity contribution in [1.29, 1.82) is 0 Å². The van der Waals surface area contributed by atoms with Gasteiger partial charge in [-0.25, -0.2) is 0 Å². The molecule has 0 unspecified atom stereocenters. The number of hydrogen-bond donors (Lipinski definition) is 1. The molecule has 208 valence electrons. The minimum absolute atomic E-state index is 0.129. The fourth-order valence-corrected chi connectivity index (χ4v) is 5.88. The van der Waals surface area contributed by atoms with E-state index in [4.69, 9.17) is 14.2 Å². The van der Waals surface area contributed by atoms with Crippen LogP contribution in [0.2, 0.25) is 0 Å². The molecule has 1 N–H and O–H groups in total. The first-order chi connectivity index (χ1) is 19.9. The maximum absolute atomic E-state index is 13.1. The standard InChI is InChI=1S/C31H25IN2O6S/c1-38-26-17-20(16-24(32)29(26)40-19-28(35)33-22-10-3-2-4-11-22)18-27-30(36)34(31(37)41-27)14-15-39-25-13-7-9-21-8-5-6-12-23(21)25/h2-13,16-18H,14-15,19H2,1H3,(H,33,35)/b27-18-. The monoisotopic (exact) mass is 680 g/mol. The number of methoxy groups -OCH3 is 1. The number of fused-ring (bicyclic) bond motifs is 1. The Balaban J connectivity index is 1.23. The van der Waals surface area contributed by atoms with Crippen molar-refractivity contribution in [2.75, 3.05) is 32.2 Å². The molecule has 5 rings (SSSR count). The molecular formula is C31H25IN2O6S. The van der Waals surface area contributed by atoms with Crippen LogP contribution in [-0.4, -0.2) is 48.8 Å². The summed E-state index contributed by atoms with van der Waals surface area (Å²) < 4.78 is 17.9. The molecule has 8 nitrogen and oxygen atoms in total. The van der Waals surface area contributed by atoms with E-state index in [1.165, 1.54) is 12.0 Å². The number of carbonyl (C=O) groups excluding carboxylic acids is 3. The SMILES string of the molecule is COc1cc(/C=C2\SC(=O)N(CCOc3cccc4ccccc34)C2=O)cc(I)c1OCC(=O)Nc1ccccc1. The molecule has 41 heavy (non-hydrogen) atoms. The third-order valence-electron chi connectivity index (χ3n) is 6.15. The lowest BCUT2D eigenvalue weighted by Gasteiger charge is -2.14. The smallest absolute Gasteiger partial charge is 0.293 e. The Morgan fingerprint density at radius 2 is 1.71 bits per heavy atom. The van der Waals surface area contributed by atoms with E-state index >= 15 is 0 Å². The fourth-order valence-electron chi connectivity index (χ4n) is 4.23. The van der Waals surface area contributed by atoms with Crippen LogP contribution in [0.5, 0.6) is 17.2 Å². The second kappa shape index (κ2) is 13.1. The van der Waals surface area contributed by atoms with Gasteiger partial charge in [-0.05, 0) is 81.7 Å². The zero-order chi connectivity index (χ0) is 28.8. The maximum Gasteiger partial charge on any atom is 0.293 e. The molecule has 4 aromatic carbocycles. The summed E-state index contributed by atoms with van der Waals surface area (Å²) in [6.45, 7) is 0.0964. The number of carbonyl (C=O) groups is 3. The van der Waals surface area contributed by atoms with Gasteiger partial charge in [-0.1, -0.05) is 54.6 Å². The second-order valence-corrected chi connectivity index (χ2v) is 11.1. The van der Waals surface area contributed by atoms with Crippen LogP contribution < -0.4 is 19.5 Å². The highest BCUT2D eigenvalue weighted by atomic mass is 127. The summed E-state index contributed by atoms with van der Waals surface area (Å²) in [6.07, 6.45) is 1.65. The van der Waals surface area contributed by atoms with E-state index in [9.17, 15) is 14.4 Å². The van der Waals surface area contributed by atoms with Crippen LogP contribution in [0.15, 0.2) is 89.8 Å². The van der Waals surface area contributed by atoms with Crippen molar-refractivity contribution < 1.29 is 28.6 Å². The first-order valence-electron chi connectivity index (χ1n) is 12.6. The minimum Gasteiger partial charge on any atom is -0.493 e. The Morgan fingerprint density at radius 1 is 0.951 bits per heavy atom. The molecule has 0 atom stereocenters. The number of hydrogen-bond acceptors (Lipinski definition) is 7. The zero-order valence-electron chi connectivity index (χ0n) is 22.0. The van der Waals surface area contributed by atoms with Crippen molar-refractivity contribution in [3.63, 3.8) is 0 Å². The molecule has 0 spiro atoms. The van der Waals surface area contributed by atoms with E-state index in [2.05, 4.69) is 27.9 Å². The highest BCUT2D eigenvalue weighted by molar-refractivity contribution is 14.1. The molecule has 0 radical (unpaired) electrons. The van der Waals surface area contributed by atoms with Crippen molar-refractivity contribution in [2.24, 2.45) is 0 Å². The molecular weight excluding hydrogens is 655 g/mol. The van der Waals surface area contributed by atoms with Crippen LogP contribution in [0, 0.1) is 3.57 Å². The summed E-state index contributed by atoms with van der Waals surface area (Å²) in [5, 5.41) is 4.44. The van der Waals surface area contributed by atoms with Crippen molar-refractivity contribution in [2.45, 2.75) is 0 Å². The normalized spacial score (nSPS) is 14.0. The molecule has 0 aromatic heterocycles. The third-order valence-corrected chi connectivity index (χ3v) is 7.86. The van der Waals surface area contributed by atoms with Crippen molar-refractivity contribution in [3.05, 3.63) is 99.0 Å². The number of amides is 3. The van der Waals surface area contributed by atoms with Crippen LogP contribution in [-0.2, 0) is 9.59 Å². The average molecular weight is 681 g/mol. The molecule has 1 aliphatic rings. The molecule has 4 aromatic rings. The number of imide groups is 1. The van der Waals surface area contributed by atoms with Crippen molar-refractivity contribution >= 4 is 73.9 Å². The van der Waals surface area contributed by atoms with E-state index in [1.807, 2.05) is 60.7 Å². The highest BCUT2D eigenvalue weighted by Gasteiger charge is 2.35. The number of rotatable bonds is 10. The van der Waals surface area contributed by atoms with Crippen molar-refractivity contribution in [3.8, 4) is 17.2 Å². The van der Waals surface area contributed by atoms with E-state index in [0.29, 0.717) is 37.0 Å². The summed E-state index contributed by atoms with van der Waals surface area (Å²) in [7, 11) is 1.50. The van der Waals surface area contributed by atoms with E-state index in [-0.39, 0.29) is 36.8 Å². The Labute approximate surface area is 254 Å². The van der Waals surface area contributed by atoms with Gasteiger partial charge < -0.3 is 19.5 Å². The van der Waals surface area contributed by atoms with Crippen LogP contribution >= 0.6 is 34.4 Å². The molecule has 0 saturated carbocycles. The lowest BCUT2D eigenvalue weighted by molar-refractivity contribution is -0.123. The molecule has 1 aliphatic heterocycles. The van der Waals surface area contributed by atoms with Crippen LogP contribution in [0.4, 0.5) is 10.5 Å². The topological polar surface area (TPSA) is 94.2 Å². The van der Waals surface area contributed by atoms with Gasteiger partial charge >= 0.3 is 0 Å². The summed E-state index contributed by atoms with van der Waals surface area (Å²) in [5.41, 5.74) is 1.33. The van der Waals surface area contributed by atoms with E-state index in [1.54, 1.807) is 30.3 Å². The Hall–Kier alpha value is -4.03. The number of benzene rings is 4. The summed E-state index contributed by atoms with van der Waals surface area (Å²) >= 11 is 2.96. The number of ether oxygens (including phenoxy) is 3. The number of anilines is 1. The Bertz CT molecular complexity index is 1640. The molecule has 1 heterocycles. The third kappa shape index (κ3) is 6.83. The lowest BCUT2D eigenvalue weighted by Crippen LogP contribution is -2.32. The predicted molar refractivity (Wildman–Crippen MR) is 168 cm³/mol. The van der Waals surface area contributed by atoms with Crippen LogP contribution in [0.25, 0.3) is 16.8 Å². The van der Waals surface area contributed by atoms with Crippen molar-refractivity contribution in [1.82, 2.24) is 4.90 Å². The molecule has 3 amide bonds. The number of nitrogens with one attached hydrogen (secondary N) is 1. The van der Waals surface area contributed by atoms with Gasteiger partial charge in [-0.3, -0.25) is 19.3 Å². The van der Waals surface area contributed by atoms with Crippen LogP contribution in [0.3, 0.4) is 0 Å². The van der Waals surface area contributed by atoms with Gasteiger partial charge in [0.05, 0.1) is 22.1 Å². The van der Waals surface area contributed by atoms with Gasteiger partial charge in [0.15, 0.2) is 18.1 Å². The predicted octanol–water partition coefficient (Wildman–Crippen LogP) is 6.59. The fraction of sp³-hybridized carbons (Fsp3) is 0.129. The largest absolute Gasteiger partial charge is 0.493 e. The zero-order valence-corrected chi connectivity index (χ0v) is 24.9. The minimum atomic E-state index is -0.381. The quantitative estimate of drug-likeness (QED) is 0.149. The number of thioether (sulfide) groups is 1. The van der Waals surface area contributed by atoms with Gasteiger partial charge in [-0.2, -0.15) is 0 Å². The molecule has 0 bridgehead atoms. The number of para-hydroxylation sites is 1. The second-order valence-electron chi connectivity index (χ2n) is 8.90. The van der Waals surface area contributed by atoms with E-state index in [0.717, 1.165) is 22.5 Å². The first kappa shape index (κ1) is 28.5. The van der Waals surface area contributed by atoms with Gasteiger partial charge in [0.25, 0.3) is 17.1 Å². The van der Waals surface area contributed by atoms with Gasteiger partial charge in [0, 0.05) is 11.1 Å². The summed E-state index contributed by atoms with van der Waals surface area (Å²) in [6, 6.07) is 26.2. The lowest BCUT2D eigenvalue weighted by atomic mass is 10.1. The number of halogens is 1. The Morgan fingerprint density at radius 3 is 2.51 bits per heavy atom. The molecule has 1 saturated heterocycles. The number of nitrogens with zero attached hydrogens (tertiary/aromatic N) is 1.